The fraction of sp³-hybridized carbons (Fsp3) is 0.542. The smallest absolute Gasteiger partial charge is 0.261 e. The third-order valence-electron chi connectivity index (χ3n) is 6.51. The number of fused-ring (bicyclic) bond motifs is 3. The lowest BCUT2D eigenvalue weighted by molar-refractivity contribution is 0.0953. The second kappa shape index (κ2) is 7.35. The van der Waals surface area contributed by atoms with Crippen LogP contribution in [0.2, 0.25) is 0 Å². The van der Waals surface area contributed by atoms with Gasteiger partial charge in [-0.1, -0.05) is 27.7 Å². The Labute approximate surface area is 177 Å². The van der Waals surface area contributed by atoms with Crippen molar-refractivity contribution >= 4 is 17.2 Å². The first-order valence-electron chi connectivity index (χ1n) is 10.4. The standard InChI is InChI=1S/C24H31NO3S/c1-13(2)12-28-16-8-7-15(19(9-16)27-6)11-25-23(26)22-17-10-18-21(24(18,4)5)20(17)14(3)29-22/h7-9,13,18,21H,10-12H2,1-6H3,(H,25,26)/t18-,21-/m1/s1. The van der Waals surface area contributed by atoms with Crippen LogP contribution in [0.15, 0.2) is 18.2 Å². The average molecular weight is 414 g/mol. The number of carbonyl (C=O) groups excluding carboxylic acids is 1. The van der Waals surface area contributed by atoms with Crippen molar-refractivity contribution in [2.45, 2.75) is 53.5 Å². The third-order valence-corrected chi connectivity index (χ3v) is 7.67. The van der Waals surface area contributed by atoms with Crippen LogP contribution in [0.4, 0.5) is 0 Å². The van der Waals surface area contributed by atoms with E-state index in [1.807, 2.05) is 18.2 Å². The average Bonchev–Trinajstić information content (AvgIpc) is 3.02. The maximum absolute atomic E-state index is 13.0. The molecule has 1 aromatic heterocycles. The van der Waals surface area contributed by atoms with Crippen LogP contribution in [0.5, 0.6) is 11.5 Å². The molecule has 0 saturated heterocycles. The van der Waals surface area contributed by atoms with Crippen LogP contribution in [-0.2, 0) is 13.0 Å². The summed E-state index contributed by atoms with van der Waals surface area (Å²) in [5.41, 5.74) is 4.11. The van der Waals surface area contributed by atoms with Gasteiger partial charge in [-0.2, -0.15) is 0 Å². The Hall–Kier alpha value is -2.01. The fourth-order valence-electron chi connectivity index (χ4n) is 4.79. The van der Waals surface area contributed by atoms with Crippen LogP contribution in [0.1, 0.15) is 64.9 Å². The topological polar surface area (TPSA) is 47.6 Å². The number of ether oxygens (including phenoxy) is 2. The molecular formula is C24H31NO3S. The van der Waals surface area contributed by atoms with Crippen LogP contribution in [0.25, 0.3) is 0 Å². The summed E-state index contributed by atoms with van der Waals surface area (Å²) >= 11 is 1.65. The highest BCUT2D eigenvalue weighted by Gasteiger charge is 2.63. The Bertz CT molecular complexity index is 944. The Balaban J connectivity index is 1.45. The van der Waals surface area contributed by atoms with Gasteiger partial charge in [0.2, 0.25) is 0 Å². The van der Waals surface area contributed by atoms with E-state index in [-0.39, 0.29) is 5.91 Å². The highest BCUT2D eigenvalue weighted by Crippen LogP contribution is 2.71. The lowest BCUT2D eigenvalue weighted by atomic mass is 9.95. The van der Waals surface area contributed by atoms with Gasteiger partial charge < -0.3 is 14.8 Å². The zero-order chi connectivity index (χ0) is 20.9. The number of amides is 1. The number of benzene rings is 1. The molecule has 5 heteroatoms. The van der Waals surface area contributed by atoms with Gasteiger partial charge in [0.15, 0.2) is 0 Å². The second-order valence-corrected chi connectivity index (χ2v) is 10.6. The highest BCUT2D eigenvalue weighted by atomic mass is 32.1. The number of aryl methyl sites for hydroxylation is 1. The van der Waals surface area contributed by atoms with E-state index in [0.29, 0.717) is 36.3 Å². The summed E-state index contributed by atoms with van der Waals surface area (Å²) in [5.74, 6) is 3.38. The van der Waals surface area contributed by atoms with Crippen molar-refractivity contribution < 1.29 is 14.3 Å². The lowest BCUT2D eigenvalue weighted by Crippen LogP contribution is -2.23. The van der Waals surface area contributed by atoms with Crippen LogP contribution in [-0.4, -0.2) is 19.6 Å². The first kappa shape index (κ1) is 20.3. The summed E-state index contributed by atoms with van der Waals surface area (Å²) < 4.78 is 11.3. The molecule has 0 radical (unpaired) electrons. The molecule has 0 aliphatic heterocycles. The van der Waals surface area contributed by atoms with E-state index in [9.17, 15) is 4.79 Å². The second-order valence-electron chi connectivity index (χ2n) is 9.35. The molecule has 1 aromatic carbocycles. The van der Waals surface area contributed by atoms with Crippen LogP contribution in [0, 0.1) is 24.2 Å². The minimum atomic E-state index is 0.0284. The molecule has 0 bridgehead atoms. The molecule has 4 nitrogen and oxygen atoms in total. The quantitative estimate of drug-likeness (QED) is 0.668. The maximum atomic E-state index is 13.0. The number of hydrogen-bond acceptors (Lipinski definition) is 4. The Morgan fingerprint density at radius 2 is 2.10 bits per heavy atom. The van der Waals surface area contributed by atoms with Gasteiger partial charge in [0.05, 0.1) is 18.6 Å². The molecule has 1 amide bonds. The number of rotatable bonds is 7. The van der Waals surface area contributed by atoms with Crippen molar-refractivity contribution in [1.82, 2.24) is 5.32 Å². The summed E-state index contributed by atoms with van der Waals surface area (Å²) in [6, 6.07) is 5.80. The third kappa shape index (κ3) is 3.54. The molecule has 2 aliphatic rings. The molecule has 2 aromatic rings. The summed E-state index contributed by atoms with van der Waals surface area (Å²) in [6.07, 6.45) is 1.05. The summed E-state index contributed by atoms with van der Waals surface area (Å²) in [7, 11) is 1.65. The van der Waals surface area contributed by atoms with Gasteiger partial charge >= 0.3 is 0 Å². The predicted molar refractivity (Wildman–Crippen MR) is 117 cm³/mol. The lowest BCUT2D eigenvalue weighted by Gasteiger charge is -2.14. The van der Waals surface area contributed by atoms with Crippen LogP contribution >= 0.6 is 11.3 Å². The van der Waals surface area contributed by atoms with Crippen molar-refractivity contribution in [1.29, 1.82) is 0 Å². The van der Waals surface area contributed by atoms with Crippen molar-refractivity contribution in [3.8, 4) is 11.5 Å². The van der Waals surface area contributed by atoms with Gasteiger partial charge in [0, 0.05) is 23.1 Å². The van der Waals surface area contributed by atoms with Gasteiger partial charge in [0.1, 0.15) is 11.5 Å². The van der Waals surface area contributed by atoms with E-state index in [1.165, 1.54) is 16.0 Å². The normalized spacial score (nSPS) is 20.9. The van der Waals surface area contributed by atoms with E-state index in [1.54, 1.807) is 18.4 Å². The summed E-state index contributed by atoms with van der Waals surface area (Å²) in [6.45, 7) is 12.2. The van der Waals surface area contributed by atoms with Crippen LogP contribution < -0.4 is 14.8 Å². The summed E-state index contributed by atoms with van der Waals surface area (Å²) in [4.78, 5) is 15.2. The number of hydrogen-bond donors (Lipinski definition) is 1. The van der Waals surface area contributed by atoms with Gasteiger partial charge in [-0.3, -0.25) is 4.79 Å². The van der Waals surface area contributed by atoms with E-state index < -0.39 is 0 Å². The largest absolute Gasteiger partial charge is 0.496 e. The number of thiophene rings is 1. The predicted octanol–water partition coefficient (Wildman–Crippen LogP) is 5.33. The van der Waals surface area contributed by atoms with Crippen molar-refractivity contribution in [3.05, 3.63) is 44.6 Å². The molecule has 29 heavy (non-hydrogen) atoms. The number of methoxy groups -OCH3 is 1. The fourth-order valence-corrected chi connectivity index (χ4v) is 5.94. The highest BCUT2D eigenvalue weighted by molar-refractivity contribution is 7.14. The summed E-state index contributed by atoms with van der Waals surface area (Å²) in [5, 5.41) is 3.10. The maximum Gasteiger partial charge on any atom is 0.261 e. The van der Waals surface area contributed by atoms with E-state index >= 15 is 0 Å². The van der Waals surface area contributed by atoms with Crippen LogP contribution in [0.3, 0.4) is 0 Å². The number of carbonyl (C=O) groups is 1. The van der Waals surface area contributed by atoms with E-state index in [2.05, 4.69) is 39.9 Å². The van der Waals surface area contributed by atoms with Gasteiger partial charge in [-0.05, 0) is 59.8 Å². The van der Waals surface area contributed by atoms with Crippen molar-refractivity contribution in [2.75, 3.05) is 13.7 Å². The Kier molecular flexibility index (Phi) is 5.14. The molecule has 4 rings (SSSR count). The molecular weight excluding hydrogens is 382 g/mol. The molecule has 156 valence electrons. The molecule has 2 aliphatic carbocycles. The van der Waals surface area contributed by atoms with Gasteiger partial charge in [-0.25, -0.2) is 0 Å². The molecule has 2 atom stereocenters. The minimum absolute atomic E-state index is 0.0284. The molecule has 1 heterocycles. The SMILES string of the molecule is COc1cc(OCC(C)C)ccc1CNC(=O)c1sc(C)c2c1C[C@@H]1[C@H]2C1(C)C. The Morgan fingerprint density at radius 1 is 1.34 bits per heavy atom. The minimum Gasteiger partial charge on any atom is -0.496 e. The molecule has 0 unspecified atom stereocenters. The monoisotopic (exact) mass is 413 g/mol. The molecule has 1 fully saturated rings. The zero-order valence-corrected chi connectivity index (χ0v) is 19.0. The molecule has 1 N–H and O–H groups in total. The molecule has 1 saturated carbocycles. The van der Waals surface area contributed by atoms with Gasteiger partial charge in [0.25, 0.3) is 5.91 Å². The van der Waals surface area contributed by atoms with E-state index in [0.717, 1.165) is 28.4 Å². The first-order chi connectivity index (χ1) is 13.7. The van der Waals surface area contributed by atoms with Crippen molar-refractivity contribution in [3.63, 3.8) is 0 Å². The van der Waals surface area contributed by atoms with E-state index in [4.69, 9.17) is 9.47 Å². The number of nitrogens with one attached hydrogen (secondary N) is 1. The first-order valence-corrected chi connectivity index (χ1v) is 11.3. The molecule has 0 spiro atoms. The Morgan fingerprint density at radius 3 is 2.79 bits per heavy atom. The van der Waals surface area contributed by atoms with Gasteiger partial charge in [-0.15, -0.1) is 11.3 Å². The zero-order valence-electron chi connectivity index (χ0n) is 18.2. The van der Waals surface area contributed by atoms with Crippen molar-refractivity contribution in [2.24, 2.45) is 17.3 Å².